The number of hydrogen-bond acceptors (Lipinski definition) is 5. The van der Waals surface area contributed by atoms with Crippen molar-refractivity contribution in [3.8, 4) is 11.5 Å². The van der Waals surface area contributed by atoms with Gasteiger partial charge in [0.15, 0.2) is 17.3 Å². The van der Waals surface area contributed by atoms with Crippen molar-refractivity contribution in [3.63, 3.8) is 0 Å². The molecule has 0 fully saturated rings. The molecule has 1 atom stereocenters. The summed E-state index contributed by atoms with van der Waals surface area (Å²) in [5, 5.41) is 5.57. The van der Waals surface area contributed by atoms with Crippen molar-refractivity contribution in [3.05, 3.63) is 47.4 Å². The second kappa shape index (κ2) is 8.94. The molecular formula is C19H24N2O5. The third-order valence-corrected chi connectivity index (χ3v) is 4.00. The monoisotopic (exact) mass is 360 g/mol. The minimum Gasteiger partial charge on any atom is -0.493 e. The molecule has 0 aliphatic carbocycles. The lowest BCUT2D eigenvalue weighted by molar-refractivity contribution is -0.121. The minimum absolute atomic E-state index is 0.161. The maximum atomic E-state index is 12.1. The number of nitrogens with one attached hydrogen (secondary N) is 2. The molecule has 0 bridgehead atoms. The topological polar surface area (TPSA) is 89.8 Å². The first-order valence-electron chi connectivity index (χ1n) is 8.29. The number of aryl methyl sites for hydroxylation is 1. The molecule has 0 aliphatic heterocycles. The summed E-state index contributed by atoms with van der Waals surface area (Å²) in [6.07, 6.45) is 1.60. The Morgan fingerprint density at radius 2 is 1.88 bits per heavy atom. The lowest BCUT2D eigenvalue weighted by Crippen LogP contribution is -2.32. The molecule has 0 radical (unpaired) electrons. The number of methoxy groups -OCH3 is 2. The van der Waals surface area contributed by atoms with Crippen LogP contribution >= 0.6 is 0 Å². The van der Waals surface area contributed by atoms with Crippen LogP contribution in [0.1, 0.15) is 41.1 Å². The van der Waals surface area contributed by atoms with E-state index in [9.17, 15) is 9.59 Å². The van der Waals surface area contributed by atoms with E-state index < -0.39 is 0 Å². The van der Waals surface area contributed by atoms with E-state index in [-0.39, 0.29) is 36.6 Å². The fourth-order valence-corrected chi connectivity index (χ4v) is 2.64. The van der Waals surface area contributed by atoms with Gasteiger partial charge in [0.25, 0.3) is 5.91 Å². The van der Waals surface area contributed by atoms with E-state index in [4.69, 9.17) is 13.9 Å². The van der Waals surface area contributed by atoms with Crippen LogP contribution in [0.25, 0.3) is 0 Å². The van der Waals surface area contributed by atoms with Crippen molar-refractivity contribution in [1.82, 2.24) is 10.6 Å². The van der Waals surface area contributed by atoms with Crippen LogP contribution in [0.15, 0.2) is 34.9 Å². The standard InChI is InChI=1S/C19H24N2O5/c1-12-10-16(24-3)17(25-4)11-14(12)13(2)21-18(22)7-8-20-19(23)15-6-5-9-26-15/h5-6,9-11,13H,7-8H2,1-4H3,(H,20,23)(H,21,22). The molecule has 0 saturated carbocycles. The second-order valence-electron chi connectivity index (χ2n) is 5.84. The zero-order valence-corrected chi connectivity index (χ0v) is 15.4. The molecule has 2 rings (SSSR count). The lowest BCUT2D eigenvalue weighted by Gasteiger charge is -2.19. The van der Waals surface area contributed by atoms with Crippen LogP contribution in [0, 0.1) is 6.92 Å². The Morgan fingerprint density at radius 1 is 1.19 bits per heavy atom. The van der Waals surface area contributed by atoms with Crippen LogP contribution in [-0.2, 0) is 4.79 Å². The van der Waals surface area contributed by atoms with Crippen molar-refractivity contribution < 1.29 is 23.5 Å². The van der Waals surface area contributed by atoms with Gasteiger partial charge in [0.1, 0.15) is 0 Å². The zero-order valence-electron chi connectivity index (χ0n) is 15.4. The fraction of sp³-hybridized carbons (Fsp3) is 0.368. The Morgan fingerprint density at radius 3 is 2.50 bits per heavy atom. The molecule has 1 unspecified atom stereocenters. The first kappa shape index (κ1) is 19.4. The fourth-order valence-electron chi connectivity index (χ4n) is 2.64. The molecule has 7 nitrogen and oxygen atoms in total. The van der Waals surface area contributed by atoms with Gasteiger partial charge in [-0.05, 0) is 49.2 Å². The smallest absolute Gasteiger partial charge is 0.286 e. The van der Waals surface area contributed by atoms with Gasteiger partial charge in [0, 0.05) is 13.0 Å². The summed E-state index contributed by atoms with van der Waals surface area (Å²) in [5.41, 5.74) is 1.93. The SMILES string of the molecule is COc1cc(C)c(C(C)NC(=O)CCNC(=O)c2ccco2)cc1OC. The van der Waals surface area contributed by atoms with Crippen LogP contribution in [0.5, 0.6) is 11.5 Å². The number of rotatable bonds is 8. The molecule has 140 valence electrons. The number of carbonyl (C=O) groups excluding carboxylic acids is 2. The molecule has 2 amide bonds. The zero-order chi connectivity index (χ0) is 19.1. The van der Waals surface area contributed by atoms with Crippen molar-refractivity contribution in [1.29, 1.82) is 0 Å². The van der Waals surface area contributed by atoms with E-state index >= 15 is 0 Å². The highest BCUT2D eigenvalue weighted by molar-refractivity contribution is 5.91. The number of ether oxygens (including phenoxy) is 2. The van der Waals surface area contributed by atoms with Crippen LogP contribution < -0.4 is 20.1 Å². The highest BCUT2D eigenvalue weighted by Gasteiger charge is 2.16. The number of benzene rings is 1. The van der Waals surface area contributed by atoms with Gasteiger partial charge in [-0.3, -0.25) is 9.59 Å². The van der Waals surface area contributed by atoms with Crippen LogP contribution in [0.2, 0.25) is 0 Å². The third-order valence-electron chi connectivity index (χ3n) is 4.00. The van der Waals surface area contributed by atoms with Crippen LogP contribution in [-0.4, -0.2) is 32.6 Å². The molecule has 7 heteroatoms. The average Bonchev–Trinajstić information content (AvgIpc) is 3.15. The Hall–Kier alpha value is -2.96. The summed E-state index contributed by atoms with van der Waals surface area (Å²) in [5.74, 6) is 0.977. The Bertz CT molecular complexity index is 756. The Labute approximate surface area is 152 Å². The molecule has 26 heavy (non-hydrogen) atoms. The van der Waals surface area contributed by atoms with Crippen molar-refractivity contribution >= 4 is 11.8 Å². The molecule has 1 aromatic carbocycles. The summed E-state index contributed by atoms with van der Waals surface area (Å²) in [6, 6.07) is 6.73. The van der Waals surface area contributed by atoms with E-state index in [0.29, 0.717) is 11.5 Å². The number of hydrogen-bond donors (Lipinski definition) is 2. The van der Waals surface area contributed by atoms with Crippen LogP contribution in [0.3, 0.4) is 0 Å². The summed E-state index contributed by atoms with van der Waals surface area (Å²) < 4.78 is 15.6. The maximum Gasteiger partial charge on any atom is 0.286 e. The van der Waals surface area contributed by atoms with Gasteiger partial charge in [-0.1, -0.05) is 0 Å². The predicted molar refractivity (Wildman–Crippen MR) is 96.5 cm³/mol. The van der Waals surface area contributed by atoms with Crippen molar-refractivity contribution in [2.45, 2.75) is 26.3 Å². The summed E-state index contributed by atoms with van der Waals surface area (Å²) in [6.45, 7) is 4.07. The quantitative estimate of drug-likeness (QED) is 0.755. The number of furan rings is 1. The van der Waals surface area contributed by atoms with E-state index in [1.165, 1.54) is 6.26 Å². The van der Waals surface area contributed by atoms with Gasteiger partial charge in [-0.25, -0.2) is 0 Å². The van der Waals surface area contributed by atoms with E-state index in [0.717, 1.165) is 11.1 Å². The molecule has 2 N–H and O–H groups in total. The highest BCUT2D eigenvalue weighted by atomic mass is 16.5. The van der Waals surface area contributed by atoms with Gasteiger partial charge in [0.2, 0.25) is 5.91 Å². The molecule has 2 aromatic rings. The molecular weight excluding hydrogens is 336 g/mol. The van der Waals surface area contributed by atoms with Gasteiger partial charge in [0.05, 0.1) is 26.5 Å². The molecule has 0 aliphatic rings. The maximum absolute atomic E-state index is 12.1. The van der Waals surface area contributed by atoms with Gasteiger partial charge >= 0.3 is 0 Å². The molecule has 0 saturated heterocycles. The second-order valence-corrected chi connectivity index (χ2v) is 5.84. The number of amides is 2. The Kier molecular flexibility index (Phi) is 6.66. The first-order valence-corrected chi connectivity index (χ1v) is 8.29. The minimum atomic E-state index is -0.341. The van der Waals surface area contributed by atoms with Gasteiger partial charge in [-0.15, -0.1) is 0 Å². The first-order chi connectivity index (χ1) is 12.5. The molecule has 1 aromatic heterocycles. The summed E-state index contributed by atoms with van der Waals surface area (Å²) >= 11 is 0. The summed E-state index contributed by atoms with van der Waals surface area (Å²) in [7, 11) is 3.15. The van der Waals surface area contributed by atoms with Gasteiger partial charge < -0.3 is 24.5 Å². The summed E-state index contributed by atoms with van der Waals surface area (Å²) in [4.78, 5) is 23.9. The highest BCUT2D eigenvalue weighted by Crippen LogP contribution is 2.32. The predicted octanol–water partition coefficient (Wildman–Crippen LogP) is 2.60. The number of carbonyl (C=O) groups is 2. The van der Waals surface area contributed by atoms with Crippen LogP contribution in [0.4, 0.5) is 0 Å². The molecule has 1 heterocycles. The molecule has 0 spiro atoms. The van der Waals surface area contributed by atoms with Gasteiger partial charge in [-0.2, -0.15) is 0 Å². The van der Waals surface area contributed by atoms with Crippen molar-refractivity contribution in [2.75, 3.05) is 20.8 Å². The normalized spacial score (nSPS) is 11.5. The van der Waals surface area contributed by atoms with E-state index in [1.807, 2.05) is 26.0 Å². The lowest BCUT2D eigenvalue weighted by atomic mass is 10.0. The average molecular weight is 360 g/mol. The largest absolute Gasteiger partial charge is 0.493 e. The van der Waals surface area contributed by atoms with E-state index in [1.54, 1.807) is 26.4 Å². The van der Waals surface area contributed by atoms with Crippen molar-refractivity contribution in [2.24, 2.45) is 0 Å². The third kappa shape index (κ3) is 4.78. The Balaban J connectivity index is 1.89. The van der Waals surface area contributed by atoms with E-state index in [2.05, 4.69) is 10.6 Å².